The maximum absolute atomic E-state index is 3.76. The van der Waals surface area contributed by atoms with Crippen molar-refractivity contribution >= 4 is 0 Å². The summed E-state index contributed by atoms with van der Waals surface area (Å²) in [4.78, 5) is 0. The molecule has 12 heavy (non-hydrogen) atoms. The van der Waals surface area contributed by atoms with E-state index in [0.29, 0.717) is 12.0 Å². The molecule has 0 heterocycles. The van der Waals surface area contributed by atoms with Crippen molar-refractivity contribution in [1.29, 1.82) is 0 Å². The zero-order chi connectivity index (χ0) is 9.40. The predicted molar refractivity (Wildman–Crippen MR) is 56.3 cm³/mol. The van der Waals surface area contributed by atoms with Gasteiger partial charge < -0.3 is 5.32 Å². The van der Waals surface area contributed by atoms with Crippen LogP contribution in [0.4, 0.5) is 0 Å². The standard InChI is InChI=1S/C11H21N/c1-5-8-11(9-6-2)10(4)12-7-3/h5-6,10-12H,1-2,7-9H2,3-4H3. The van der Waals surface area contributed by atoms with Gasteiger partial charge in [0.05, 0.1) is 0 Å². The van der Waals surface area contributed by atoms with Crippen LogP contribution in [0.25, 0.3) is 0 Å². The first-order valence-corrected chi connectivity index (χ1v) is 4.71. The zero-order valence-corrected chi connectivity index (χ0v) is 8.34. The molecule has 0 aromatic carbocycles. The molecule has 1 N–H and O–H groups in total. The van der Waals surface area contributed by atoms with Crippen molar-refractivity contribution in [3.8, 4) is 0 Å². The first-order chi connectivity index (χ1) is 5.76. The Morgan fingerprint density at radius 1 is 1.25 bits per heavy atom. The average molecular weight is 167 g/mol. The molecule has 1 unspecified atom stereocenters. The number of rotatable bonds is 7. The van der Waals surface area contributed by atoms with Crippen molar-refractivity contribution in [3.63, 3.8) is 0 Å². The van der Waals surface area contributed by atoms with E-state index in [4.69, 9.17) is 0 Å². The molecule has 0 radical (unpaired) electrons. The molecule has 0 aromatic rings. The van der Waals surface area contributed by atoms with Gasteiger partial charge in [-0.3, -0.25) is 0 Å². The summed E-state index contributed by atoms with van der Waals surface area (Å²) in [7, 11) is 0. The van der Waals surface area contributed by atoms with Crippen molar-refractivity contribution in [3.05, 3.63) is 25.3 Å². The minimum Gasteiger partial charge on any atom is -0.314 e. The summed E-state index contributed by atoms with van der Waals surface area (Å²) in [5.41, 5.74) is 0. The SMILES string of the molecule is C=CCC(CC=C)C(C)NCC. The molecule has 0 saturated heterocycles. The molecular weight excluding hydrogens is 146 g/mol. The van der Waals surface area contributed by atoms with Gasteiger partial charge in [-0.1, -0.05) is 19.1 Å². The van der Waals surface area contributed by atoms with Gasteiger partial charge in [-0.05, 0) is 32.2 Å². The average Bonchev–Trinajstić information content (AvgIpc) is 2.04. The summed E-state index contributed by atoms with van der Waals surface area (Å²) in [5.74, 6) is 0.653. The van der Waals surface area contributed by atoms with Crippen molar-refractivity contribution in [2.75, 3.05) is 6.54 Å². The number of nitrogens with one attached hydrogen (secondary N) is 1. The lowest BCUT2D eigenvalue weighted by atomic mass is 9.94. The summed E-state index contributed by atoms with van der Waals surface area (Å²) >= 11 is 0. The van der Waals surface area contributed by atoms with Crippen molar-refractivity contribution in [2.45, 2.75) is 32.7 Å². The Kier molecular flexibility index (Phi) is 6.78. The van der Waals surface area contributed by atoms with Gasteiger partial charge in [0.15, 0.2) is 0 Å². The van der Waals surface area contributed by atoms with E-state index in [1.165, 1.54) is 0 Å². The van der Waals surface area contributed by atoms with E-state index in [9.17, 15) is 0 Å². The van der Waals surface area contributed by atoms with E-state index in [1.807, 2.05) is 12.2 Å². The van der Waals surface area contributed by atoms with E-state index in [-0.39, 0.29) is 0 Å². The number of allylic oxidation sites excluding steroid dienone is 2. The van der Waals surface area contributed by atoms with E-state index >= 15 is 0 Å². The van der Waals surface area contributed by atoms with Crippen molar-refractivity contribution in [1.82, 2.24) is 5.32 Å². The maximum Gasteiger partial charge on any atom is 0.00727 e. The van der Waals surface area contributed by atoms with Crippen molar-refractivity contribution in [2.24, 2.45) is 5.92 Å². The molecule has 0 aliphatic heterocycles. The molecule has 0 rings (SSSR count). The molecule has 1 heteroatoms. The van der Waals surface area contributed by atoms with Crippen LogP contribution in [0.2, 0.25) is 0 Å². The molecule has 0 saturated carbocycles. The second-order valence-electron chi connectivity index (χ2n) is 3.16. The molecule has 0 amide bonds. The Bertz CT molecular complexity index is 119. The molecule has 0 bridgehead atoms. The van der Waals surface area contributed by atoms with Crippen LogP contribution in [0.3, 0.4) is 0 Å². The smallest absolute Gasteiger partial charge is 0.00727 e. The lowest BCUT2D eigenvalue weighted by Gasteiger charge is -2.22. The van der Waals surface area contributed by atoms with E-state index < -0.39 is 0 Å². The summed E-state index contributed by atoms with van der Waals surface area (Å²) in [5, 5.41) is 3.42. The van der Waals surface area contributed by atoms with E-state index in [2.05, 4.69) is 32.3 Å². The molecule has 0 aliphatic carbocycles. The molecular formula is C11H21N. The summed E-state index contributed by atoms with van der Waals surface area (Å²) in [6, 6.07) is 0.561. The third-order valence-corrected chi connectivity index (χ3v) is 2.17. The van der Waals surface area contributed by atoms with Crippen LogP contribution in [0, 0.1) is 5.92 Å². The van der Waals surface area contributed by atoms with Gasteiger partial charge in [-0.15, -0.1) is 13.2 Å². The van der Waals surface area contributed by atoms with E-state index in [1.54, 1.807) is 0 Å². The molecule has 0 fully saturated rings. The molecule has 0 aromatic heterocycles. The van der Waals surface area contributed by atoms with Crippen LogP contribution < -0.4 is 5.32 Å². The maximum atomic E-state index is 3.76. The Hall–Kier alpha value is -0.560. The Balaban J connectivity index is 3.88. The Morgan fingerprint density at radius 2 is 1.75 bits per heavy atom. The predicted octanol–water partition coefficient (Wildman–Crippen LogP) is 2.75. The molecule has 0 spiro atoms. The van der Waals surface area contributed by atoms with Crippen LogP contribution >= 0.6 is 0 Å². The number of hydrogen-bond donors (Lipinski definition) is 1. The fraction of sp³-hybridized carbons (Fsp3) is 0.636. The minimum absolute atomic E-state index is 0.561. The quantitative estimate of drug-likeness (QED) is 0.575. The molecule has 1 atom stereocenters. The molecule has 0 aliphatic rings. The summed E-state index contributed by atoms with van der Waals surface area (Å²) in [6.07, 6.45) is 6.12. The highest BCUT2D eigenvalue weighted by Gasteiger charge is 2.12. The van der Waals surface area contributed by atoms with Gasteiger partial charge in [-0.2, -0.15) is 0 Å². The molecule has 1 nitrogen and oxygen atoms in total. The second kappa shape index (κ2) is 7.11. The normalized spacial score (nSPS) is 12.9. The van der Waals surface area contributed by atoms with Gasteiger partial charge in [-0.25, -0.2) is 0 Å². The van der Waals surface area contributed by atoms with E-state index in [0.717, 1.165) is 19.4 Å². The zero-order valence-electron chi connectivity index (χ0n) is 8.34. The monoisotopic (exact) mass is 167 g/mol. The molecule has 70 valence electrons. The first-order valence-electron chi connectivity index (χ1n) is 4.71. The van der Waals surface area contributed by atoms with Gasteiger partial charge in [0, 0.05) is 6.04 Å². The summed E-state index contributed by atoms with van der Waals surface area (Å²) in [6.45, 7) is 12.9. The summed E-state index contributed by atoms with van der Waals surface area (Å²) < 4.78 is 0. The fourth-order valence-corrected chi connectivity index (χ4v) is 1.42. The lowest BCUT2D eigenvalue weighted by Crippen LogP contribution is -2.32. The minimum atomic E-state index is 0.561. The van der Waals surface area contributed by atoms with Crippen LogP contribution in [0.1, 0.15) is 26.7 Å². The van der Waals surface area contributed by atoms with Gasteiger partial charge >= 0.3 is 0 Å². The van der Waals surface area contributed by atoms with Crippen LogP contribution in [-0.2, 0) is 0 Å². The number of hydrogen-bond acceptors (Lipinski definition) is 1. The van der Waals surface area contributed by atoms with Crippen LogP contribution in [-0.4, -0.2) is 12.6 Å². The second-order valence-corrected chi connectivity index (χ2v) is 3.16. The van der Waals surface area contributed by atoms with Gasteiger partial charge in [0.1, 0.15) is 0 Å². The third-order valence-electron chi connectivity index (χ3n) is 2.17. The highest BCUT2D eigenvalue weighted by atomic mass is 14.9. The largest absolute Gasteiger partial charge is 0.314 e. The highest BCUT2D eigenvalue weighted by Crippen LogP contribution is 2.14. The Labute approximate surface area is 76.6 Å². The first kappa shape index (κ1) is 11.4. The topological polar surface area (TPSA) is 12.0 Å². The van der Waals surface area contributed by atoms with Crippen molar-refractivity contribution < 1.29 is 0 Å². The van der Waals surface area contributed by atoms with Crippen LogP contribution in [0.5, 0.6) is 0 Å². The highest BCUT2D eigenvalue weighted by molar-refractivity contribution is 4.84. The van der Waals surface area contributed by atoms with Gasteiger partial charge in [0.25, 0.3) is 0 Å². The lowest BCUT2D eigenvalue weighted by molar-refractivity contribution is 0.386. The van der Waals surface area contributed by atoms with Gasteiger partial charge in [0.2, 0.25) is 0 Å². The fourth-order valence-electron chi connectivity index (χ4n) is 1.42. The third kappa shape index (κ3) is 4.35. The Morgan fingerprint density at radius 3 is 2.08 bits per heavy atom. The van der Waals surface area contributed by atoms with Crippen LogP contribution in [0.15, 0.2) is 25.3 Å².